The van der Waals surface area contributed by atoms with Crippen molar-refractivity contribution < 1.29 is 18.0 Å². The number of nitrogens with zero attached hydrogens (tertiary/aromatic N) is 2. The van der Waals surface area contributed by atoms with Gasteiger partial charge in [0.2, 0.25) is 0 Å². The summed E-state index contributed by atoms with van der Waals surface area (Å²) in [5, 5.41) is 9.91. The largest absolute Gasteiger partial charge is 0.416 e. The van der Waals surface area contributed by atoms with Gasteiger partial charge in [-0.25, -0.2) is 4.98 Å². The van der Waals surface area contributed by atoms with Crippen LogP contribution in [0.5, 0.6) is 0 Å². The van der Waals surface area contributed by atoms with Crippen LogP contribution in [0.15, 0.2) is 42.5 Å². The lowest BCUT2D eigenvalue weighted by atomic mass is 10.0. The Hall–Kier alpha value is -2.89. The molecule has 0 amide bonds. The van der Waals surface area contributed by atoms with Gasteiger partial charge in [-0.3, -0.25) is 4.79 Å². The Kier molecular flexibility index (Phi) is 4.37. The van der Waals surface area contributed by atoms with Crippen LogP contribution in [-0.2, 0) is 6.18 Å². The molecule has 0 unspecified atom stereocenters. The molecule has 0 fully saturated rings. The maximum atomic E-state index is 12.9. The molecule has 0 aliphatic carbocycles. The summed E-state index contributed by atoms with van der Waals surface area (Å²) in [5.74, 6) is -1.69. The highest BCUT2D eigenvalue weighted by Crippen LogP contribution is 2.40. The number of nitriles is 1. The van der Waals surface area contributed by atoms with E-state index in [9.17, 15) is 23.2 Å². The number of H-pyrrole nitrogens is 1. The van der Waals surface area contributed by atoms with Crippen LogP contribution in [0.25, 0.3) is 21.1 Å². The van der Waals surface area contributed by atoms with Gasteiger partial charge in [0.1, 0.15) is 5.82 Å². The average Bonchev–Trinajstić information content (AvgIpc) is 3.22. The number of halogens is 4. The van der Waals surface area contributed by atoms with E-state index in [-0.39, 0.29) is 20.4 Å². The van der Waals surface area contributed by atoms with E-state index in [1.807, 2.05) is 6.07 Å². The topological polar surface area (TPSA) is 69.5 Å². The van der Waals surface area contributed by atoms with E-state index in [2.05, 4.69) is 9.97 Å². The third-order valence-corrected chi connectivity index (χ3v) is 5.92. The summed E-state index contributed by atoms with van der Waals surface area (Å²) >= 11 is 7.09. The third kappa shape index (κ3) is 3.03. The summed E-state index contributed by atoms with van der Waals surface area (Å²) < 4.78 is 39.0. The van der Waals surface area contributed by atoms with E-state index in [0.29, 0.717) is 16.4 Å². The van der Waals surface area contributed by atoms with Crippen molar-refractivity contribution in [3.8, 4) is 6.07 Å². The standard InChI is InChI=1S/C19H9ClF3N3OS/c20-15-10-6-5-9(19(21,22)23)7-14(10)28-17(15)16(27)11(8-24)18-25-12-3-1-2-4-13(12)26-18/h1-7,11H,(H,25,26)/t11-/m1/s1. The number of Topliss-reactive ketones (excluding diaryl/α,β-unsaturated/α-hetero) is 1. The summed E-state index contributed by atoms with van der Waals surface area (Å²) in [7, 11) is 0. The molecule has 0 saturated carbocycles. The zero-order chi connectivity index (χ0) is 20.1. The number of rotatable bonds is 3. The number of nitrogens with one attached hydrogen (secondary N) is 1. The second kappa shape index (κ2) is 6.62. The Labute approximate surface area is 165 Å². The van der Waals surface area contributed by atoms with Gasteiger partial charge in [-0.05, 0) is 24.3 Å². The maximum Gasteiger partial charge on any atom is 0.416 e. The van der Waals surface area contributed by atoms with Gasteiger partial charge in [-0.2, -0.15) is 18.4 Å². The van der Waals surface area contributed by atoms with Crippen LogP contribution in [0, 0.1) is 11.3 Å². The number of aromatic amines is 1. The Morgan fingerprint density at radius 3 is 2.68 bits per heavy atom. The van der Waals surface area contributed by atoms with E-state index < -0.39 is 23.4 Å². The number of benzene rings is 2. The molecule has 2 aromatic carbocycles. The smallest absolute Gasteiger partial charge is 0.340 e. The molecule has 9 heteroatoms. The molecule has 28 heavy (non-hydrogen) atoms. The lowest BCUT2D eigenvalue weighted by Crippen LogP contribution is -2.11. The van der Waals surface area contributed by atoms with Crippen molar-refractivity contribution in [1.82, 2.24) is 9.97 Å². The van der Waals surface area contributed by atoms with Crippen LogP contribution in [0.4, 0.5) is 13.2 Å². The van der Waals surface area contributed by atoms with Gasteiger partial charge in [-0.15, -0.1) is 11.3 Å². The van der Waals surface area contributed by atoms with Gasteiger partial charge in [0.15, 0.2) is 11.7 Å². The first-order valence-electron chi connectivity index (χ1n) is 7.97. The molecule has 0 bridgehead atoms. The number of imidazole rings is 1. The molecular weight excluding hydrogens is 411 g/mol. The average molecular weight is 420 g/mol. The van der Waals surface area contributed by atoms with Gasteiger partial charge < -0.3 is 4.98 Å². The number of hydrogen-bond donors (Lipinski definition) is 1. The number of para-hydroxylation sites is 2. The number of aromatic nitrogens is 2. The van der Waals surface area contributed by atoms with Crippen LogP contribution in [0.2, 0.25) is 5.02 Å². The highest BCUT2D eigenvalue weighted by atomic mass is 35.5. The predicted octanol–water partition coefficient (Wildman–Crippen LogP) is 5.94. The lowest BCUT2D eigenvalue weighted by Gasteiger charge is -2.05. The molecule has 1 atom stereocenters. The van der Waals surface area contributed by atoms with Crippen LogP contribution >= 0.6 is 22.9 Å². The lowest BCUT2D eigenvalue weighted by molar-refractivity contribution is -0.137. The van der Waals surface area contributed by atoms with E-state index >= 15 is 0 Å². The molecule has 1 N–H and O–H groups in total. The number of ketones is 1. The number of fused-ring (bicyclic) bond motifs is 2. The first-order valence-corrected chi connectivity index (χ1v) is 9.16. The minimum Gasteiger partial charge on any atom is -0.340 e. The van der Waals surface area contributed by atoms with Crippen molar-refractivity contribution in [2.45, 2.75) is 12.1 Å². The van der Waals surface area contributed by atoms with Crippen molar-refractivity contribution in [2.24, 2.45) is 0 Å². The second-order valence-electron chi connectivity index (χ2n) is 6.02. The molecule has 0 aliphatic heterocycles. The monoisotopic (exact) mass is 419 g/mol. The summed E-state index contributed by atoms with van der Waals surface area (Å²) in [6.07, 6.45) is -4.50. The molecule has 0 aliphatic rings. The van der Waals surface area contributed by atoms with Crippen LogP contribution in [-0.4, -0.2) is 15.8 Å². The molecular formula is C19H9ClF3N3OS. The molecule has 4 aromatic rings. The summed E-state index contributed by atoms with van der Waals surface area (Å²) in [6.45, 7) is 0. The molecule has 140 valence electrons. The van der Waals surface area contributed by atoms with Crippen molar-refractivity contribution in [1.29, 1.82) is 5.26 Å². The quantitative estimate of drug-likeness (QED) is 0.418. The van der Waals surface area contributed by atoms with E-state index in [0.717, 1.165) is 23.5 Å². The zero-order valence-corrected chi connectivity index (χ0v) is 15.4. The summed E-state index contributed by atoms with van der Waals surface area (Å²) in [6, 6.07) is 12.1. The molecule has 4 nitrogen and oxygen atoms in total. The van der Waals surface area contributed by atoms with Crippen LogP contribution < -0.4 is 0 Å². The minimum absolute atomic E-state index is 0.0306. The van der Waals surface area contributed by atoms with Crippen molar-refractivity contribution >= 4 is 49.8 Å². The molecule has 4 rings (SSSR count). The van der Waals surface area contributed by atoms with E-state index in [1.54, 1.807) is 24.3 Å². The minimum atomic E-state index is -4.50. The highest BCUT2D eigenvalue weighted by molar-refractivity contribution is 7.21. The van der Waals surface area contributed by atoms with Crippen molar-refractivity contribution in [3.05, 3.63) is 63.8 Å². The fraction of sp³-hybridized carbons (Fsp3) is 0.105. The number of hydrogen-bond acceptors (Lipinski definition) is 4. The Morgan fingerprint density at radius 2 is 2.00 bits per heavy atom. The summed E-state index contributed by atoms with van der Waals surface area (Å²) in [4.78, 5) is 20.2. The normalized spacial score (nSPS) is 13.0. The molecule has 2 heterocycles. The number of alkyl halides is 3. The van der Waals surface area contributed by atoms with Gasteiger partial charge in [0.25, 0.3) is 0 Å². The van der Waals surface area contributed by atoms with Crippen molar-refractivity contribution in [3.63, 3.8) is 0 Å². The highest BCUT2D eigenvalue weighted by Gasteiger charge is 2.32. The van der Waals surface area contributed by atoms with Crippen LogP contribution in [0.3, 0.4) is 0 Å². The van der Waals surface area contributed by atoms with Gasteiger partial charge in [0, 0.05) is 10.1 Å². The SMILES string of the molecule is N#C[C@H](C(=O)c1sc2cc(C(F)(F)F)ccc2c1Cl)c1nc2ccccc2[nH]1. The second-order valence-corrected chi connectivity index (χ2v) is 7.45. The Bertz CT molecular complexity index is 1240. The Morgan fingerprint density at radius 1 is 1.25 bits per heavy atom. The fourth-order valence-electron chi connectivity index (χ4n) is 2.88. The van der Waals surface area contributed by atoms with Gasteiger partial charge in [0.05, 0.1) is 32.6 Å². The van der Waals surface area contributed by atoms with E-state index in [1.165, 1.54) is 6.07 Å². The zero-order valence-electron chi connectivity index (χ0n) is 13.8. The first-order chi connectivity index (χ1) is 13.3. The van der Waals surface area contributed by atoms with Gasteiger partial charge >= 0.3 is 6.18 Å². The number of carbonyl (C=O) groups is 1. The molecule has 0 saturated heterocycles. The number of thiophene rings is 1. The van der Waals surface area contributed by atoms with Gasteiger partial charge in [-0.1, -0.05) is 29.8 Å². The predicted molar refractivity (Wildman–Crippen MR) is 101 cm³/mol. The Balaban J connectivity index is 1.78. The molecule has 2 aromatic heterocycles. The summed E-state index contributed by atoms with van der Waals surface area (Å²) in [5.41, 5.74) is 0.441. The molecule has 0 radical (unpaired) electrons. The fourth-order valence-corrected chi connectivity index (χ4v) is 4.42. The molecule has 0 spiro atoms. The third-order valence-electron chi connectivity index (χ3n) is 4.25. The van der Waals surface area contributed by atoms with E-state index in [4.69, 9.17) is 11.6 Å². The number of carbonyl (C=O) groups excluding carboxylic acids is 1. The maximum absolute atomic E-state index is 12.9. The first kappa shape index (κ1) is 18.5. The van der Waals surface area contributed by atoms with Crippen molar-refractivity contribution in [2.75, 3.05) is 0 Å². The van der Waals surface area contributed by atoms with Crippen LogP contribution in [0.1, 0.15) is 27.0 Å².